The lowest BCUT2D eigenvalue weighted by Crippen LogP contribution is -2.24. The van der Waals surface area contributed by atoms with Gasteiger partial charge < -0.3 is 15.3 Å². The van der Waals surface area contributed by atoms with Crippen LogP contribution in [0.3, 0.4) is 0 Å². The van der Waals surface area contributed by atoms with Crippen molar-refractivity contribution >= 4 is 5.97 Å². The van der Waals surface area contributed by atoms with Crippen molar-refractivity contribution in [2.45, 2.75) is 5.92 Å². The van der Waals surface area contributed by atoms with Crippen LogP contribution in [0.2, 0.25) is 0 Å². The molecule has 3 rings (SSSR count). The smallest absolute Gasteiger partial charge is 0.315 e. The molecule has 4 heteroatoms. The minimum atomic E-state index is -1.21. The summed E-state index contributed by atoms with van der Waals surface area (Å²) in [5.74, 6) is -3.44. The van der Waals surface area contributed by atoms with Crippen molar-refractivity contribution in [3.63, 3.8) is 0 Å². The molecule has 0 spiro atoms. The molecule has 0 aliphatic heterocycles. The number of aliphatic carboxylic acids is 1. The SMILES string of the molecule is O=C(O)C(C(O)=CO)C1c2ccccc2-c2ccccc21. The van der Waals surface area contributed by atoms with E-state index < -0.39 is 23.6 Å². The topological polar surface area (TPSA) is 77.8 Å². The van der Waals surface area contributed by atoms with E-state index in [0.717, 1.165) is 22.3 Å². The van der Waals surface area contributed by atoms with Gasteiger partial charge in [-0.05, 0) is 22.3 Å². The number of carboxylic acids is 1. The quantitative estimate of drug-likeness (QED) is 0.753. The maximum atomic E-state index is 11.6. The van der Waals surface area contributed by atoms with E-state index in [4.69, 9.17) is 5.11 Å². The number of carboxylic acid groups (broad SMARTS) is 1. The average molecular weight is 282 g/mol. The molecule has 1 aliphatic carbocycles. The molecule has 0 saturated heterocycles. The van der Waals surface area contributed by atoms with Crippen molar-refractivity contribution in [3.05, 3.63) is 71.7 Å². The lowest BCUT2D eigenvalue weighted by Gasteiger charge is -2.20. The van der Waals surface area contributed by atoms with Crippen molar-refractivity contribution < 1.29 is 20.1 Å². The number of benzene rings is 2. The largest absolute Gasteiger partial charge is 0.512 e. The Bertz CT molecular complexity index is 688. The third kappa shape index (κ3) is 1.96. The average Bonchev–Trinajstić information content (AvgIpc) is 2.82. The highest BCUT2D eigenvalue weighted by molar-refractivity contribution is 5.84. The Kier molecular flexibility index (Phi) is 3.14. The van der Waals surface area contributed by atoms with Crippen LogP contribution in [-0.4, -0.2) is 21.3 Å². The van der Waals surface area contributed by atoms with E-state index >= 15 is 0 Å². The predicted octanol–water partition coefficient (Wildman–Crippen LogP) is 3.46. The van der Waals surface area contributed by atoms with Gasteiger partial charge in [0, 0.05) is 5.92 Å². The first-order chi connectivity index (χ1) is 10.1. The molecule has 106 valence electrons. The number of hydrogen-bond acceptors (Lipinski definition) is 3. The first-order valence-electron chi connectivity index (χ1n) is 6.59. The van der Waals surface area contributed by atoms with Gasteiger partial charge in [0.2, 0.25) is 0 Å². The maximum Gasteiger partial charge on any atom is 0.315 e. The van der Waals surface area contributed by atoms with E-state index in [2.05, 4.69) is 0 Å². The standard InChI is InChI=1S/C17H14O4/c18-9-14(19)16(17(20)21)15-12-7-3-1-5-10(12)11-6-2-4-8-13(11)15/h1-9,15-16,18-19H,(H,20,21). The molecule has 0 radical (unpaired) electrons. The summed E-state index contributed by atoms with van der Waals surface area (Å²) in [7, 11) is 0. The minimum absolute atomic E-state index is 0.461. The molecule has 0 fully saturated rings. The lowest BCUT2D eigenvalue weighted by molar-refractivity contribution is -0.141. The maximum absolute atomic E-state index is 11.6. The molecule has 21 heavy (non-hydrogen) atoms. The van der Waals surface area contributed by atoms with E-state index in [-0.39, 0.29) is 0 Å². The Labute approximate surface area is 121 Å². The number of carbonyl (C=O) groups is 1. The molecule has 0 bridgehead atoms. The minimum Gasteiger partial charge on any atom is -0.512 e. The normalized spacial score (nSPS) is 15.3. The molecule has 4 nitrogen and oxygen atoms in total. The fourth-order valence-electron chi connectivity index (χ4n) is 3.07. The molecule has 1 atom stereocenters. The summed E-state index contributed by atoms with van der Waals surface area (Å²) >= 11 is 0. The van der Waals surface area contributed by atoms with Gasteiger partial charge in [-0.25, -0.2) is 0 Å². The summed E-state index contributed by atoms with van der Waals surface area (Å²) in [5, 5.41) is 28.3. The summed E-state index contributed by atoms with van der Waals surface area (Å²) in [6, 6.07) is 15.1. The third-order valence-corrected chi connectivity index (χ3v) is 3.93. The van der Waals surface area contributed by atoms with Crippen LogP contribution in [0.25, 0.3) is 11.1 Å². The number of aliphatic hydroxyl groups is 2. The molecule has 0 aromatic heterocycles. The van der Waals surface area contributed by atoms with Crippen LogP contribution in [0.1, 0.15) is 17.0 Å². The second kappa shape index (κ2) is 4.98. The second-order valence-electron chi connectivity index (χ2n) is 5.02. The van der Waals surface area contributed by atoms with Crippen LogP contribution in [0.4, 0.5) is 0 Å². The van der Waals surface area contributed by atoms with E-state index in [1.165, 1.54) is 0 Å². The number of rotatable bonds is 3. The molecule has 0 heterocycles. The van der Waals surface area contributed by atoms with Gasteiger partial charge >= 0.3 is 5.97 Å². The number of hydrogen-bond donors (Lipinski definition) is 3. The van der Waals surface area contributed by atoms with Gasteiger partial charge in [0.05, 0.1) is 0 Å². The van der Waals surface area contributed by atoms with Crippen LogP contribution in [0.5, 0.6) is 0 Å². The highest BCUT2D eigenvalue weighted by Gasteiger charge is 2.40. The first-order valence-corrected chi connectivity index (χ1v) is 6.59. The van der Waals surface area contributed by atoms with Crippen molar-refractivity contribution in [3.8, 4) is 11.1 Å². The van der Waals surface area contributed by atoms with Crippen LogP contribution < -0.4 is 0 Å². The van der Waals surface area contributed by atoms with Gasteiger partial charge in [-0.15, -0.1) is 0 Å². The van der Waals surface area contributed by atoms with Crippen molar-refractivity contribution in [1.29, 1.82) is 0 Å². The van der Waals surface area contributed by atoms with Gasteiger partial charge in [-0.1, -0.05) is 48.5 Å². The Balaban J connectivity index is 2.25. The molecule has 1 aliphatic rings. The lowest BCUT2D eigenvalue weighted by atomic mass is 9.83. The fourth-order valence-corrected chi connectivity index (χ4v) is 3.07. The van der Waals surface area contributed by atoms with Gasteiger partial charge in [-0.2, -0.15) is 0 Å². The van der Waals surface area contributed by atoms with Crippen molar-refractivity contribution in [1.82, 2.24) is 0 Å². The Morgan fingerprint density at radius 2 is 1.43 bits per heavy atom. The molecule has 2 aromatic carbocycles. The van der Waals surface area contributed by atoms with Gasteiger partial charge in [-0.3, -0.25) is 4.79 Å². The highest BCUT2D eigenvalue weighted by Crippen LogP contribution is 2.49. The van der Waals surface area contributed by atoms with E-state index in [1.807, 2.05) is 48.5 Å². The Morgan fingerprint density at radius 1 is 0.952 bits per heavy atom. The zero-order chi connectivity index (χ0) is 15.0. The molecular weight excluding hydrogens is 268 g/mol. The predicted molar refractivity (Wildman–Crippen MR) is 78.2 cm³/mol. The summed E-state index contributed by atoms with van der Waals surface area (Å²) < 4.78 is 0. The van der Waals surface area contributed by atoms with Gasteiger partial charge in [0.1, 0.15) is 17.9 Å². The van der Waals surface area contributed by atoms with Crippen LogP contribution in [-0.2, 0) is 4.79 Å². The van der Waals surface area contributed by atoms with Gasteiger partial charge in [0.25, 0.3) is 0 Å². The Morgan fingerprint density at radius 3 is 1.86 bits per heavy atom. The second-order valence-corrected chi connectivity index (χ2v) is 5.02. The van der Waals surface area contributed by atoms with Gasteiger partial charge in [0.15, 0.2) is 0 Å². The van der Waals surface area contributed by atoms with Crippen molar-refractivity contribution in [2.75, 3.05) is 0 Å². The molecule has 1 unspecified atom stereocenters. The van der Waals surface area contributed by atoms with Crippen molar-refractivity contribution in [2.24, 2.45) is 5.92 Å². The summed E-state index contributed by atoms with van der Waals surface area (Å²) in [6.07, 6.45) is 0.461. The Hall–Kier alpha value is -2.75. The highest BCUT2D eigenvalue weighted by atomic mass is 16.4. The zero-order valence-electron chi connectivity index (χ0n) is 11.1. The third-order valence-electron chi connectivity index (χ3n) is 3.93. The monoisotopic (exact) mass is 282 g/mol. The molecule has 0 amide bonds. The molecule has 2 aromatic rings. The summed E-state index contributed by atoms with van der Waals surface area (Å²) in [5.41, 5.74) is 3.63. The molecular formula is C17H14O4. The van der Waals surface area contributed by atoms with Crippen LogP contribution in [0.15, 0.2) is 60.6 Å². The van der Waals surface area contributed by atoms with E-state index in [0.29, 0.717) is 6.26 Å². The summed E-state index contributed by atoms with van der Waals surface area (Å²) in [6.45, 7) is 0. The van der Waals surface area contributed by atoms with Crippen LogP contribution in [0, 0.1) is 5.92 Å². The zero-order valence-corrected chi connectivity index (χ0v) is 11.1. The molecule has 3 N–H and O–H groups in total. The summed E-state index contributed by atoms with van der Waals surface area (Å²) in [4.78, 5) is 11.6. The van der Waals surface area contributed by atoms with E-state index in [1.54, 1.807) is 0 Å². The number of fused-ring (bicyclic) bond motifs is 3. The van der Waals surface area contributed by atoms with Crippen LogP contribution >= 0.6 is 0 Å². The number of aliphatic hydroxyl groups excluding tert-OH is 2. The van der Waals surface area contributed by atoms with E-state index in [9.17, 15) is 15.0 Å². The fraction of sp³-hybridized carbons (Fsp3) is 0.118. The first kappa shape index (κ1) is 13.2. The molecule has 0 saturated carbocycles.